The van der Waals surface area contributed by atoms with E-state index in [1.807, 2.05) is 30.3 Å². The number of rotatable bonds is 5. The minimum Gasteiger partial charge on any atom is -0.502 e. The number of aliphatic carboxylic acids is 1. The van der Waals surface area contributed by atoms with Gasteiger partial charge in [-0.1, -0.05) is 30.0 Å². The Morgan fingerprint density at radius 2 is 1.80 bits per heavy atom. The number of carboxylic acids is 1. The molecule has 2 rings (SSSR count). The van der Waals surface area contributed by atoms with E-state index in [2.05, 4.69) is 0 Å². The molecule has 0 bridgehead atoms. The van der Waals surface area contributed by atoms with E-state index in [1.165, 1.54) is 18.0 Å². The van der Waals surface area contributed by atoms with Crippen LogP contribution in [0, 0.1) is 0 Å². The summed E-state index contributed by atoms with van der Waals surface area (Å²) in [5.74, 6) is -3.30. The number of carboxylic acid groups (broad SMARTS) is 1. The highest BCUT2D eigenvalue weighted by Crippen LogP contribution is 2.31. The molecule has 0 radical (unpaired) electrons. The monoisotopic (exact) mass is 290 g/mol. The predicted octanol–water partition coefficient (Wildman–Crippen LogP) is 3.14. The molecule has 0 saturated carbocycles. The van der Waals surface area contributed by atoms with Gasteiger partial charge in [0, 0.05) is 11.0 Å². The van der Waals surface area contributed by atoms with Crippen LogP contribution in [0.25, 0.3) is 0 Å². The molecule has 0 spiro atoms. The SMILES string of the molecule is O=C(O)/C(O)=C/C(=O)c1occc1Sc1ccccc1. The Morgan fingerprint density at radius 3 is 2.45 bits per heavy atom. The Hall–Kier alpha value is -2.47. The molecule has 0 aliphatic carbocycles. The molecular formula is C14H10O5S. The van der Waals surface area contributed by atoms with Crippen LogP contribution in [0.15, 0.2) is 68.7 Å². The summed E-state index contributed by atoms with van der Waals surface area (Å²) in [5, 5.41) is 17.6. The summed E-state index contributed by atoms with van der Waals surface area (Å²) in [6, 6.07) is 10.9. The maximum Gasteiger partial charge on any atom is 0.371 e. The average Bonchev–Trinajstić information content (AvgIpc) is 2.88. The van der Waals surface area contributed by atoms with Gasteiger partial charge in [-0.3, -0.25) is 4.79 Å². The van der Waals surface area contributed by atoms with Crippen LogP contribution in [0.5, 0.6) is 0 Å². The van der Waals surface area contributed by atoms with Gasteiger partial charge in [-0.05, 0) is 18.2 Å². The first-order valence-electron chi connectivity index (χ1n) is 5.56. The second-order valence-corrected chi connectivity index (χ2v) is 4.84. The number of ketones is 1. The van der Waals surface area contributed by atoms with E-state index in [-0.39, 0.29) is 5.76 Å². The van der Waals surface area contributed by atoms with Crippen molar-refractivity contribution in [3.8, 4) is 0 Å². The third-order valence-corrected chi connectivity index (χ3v) is 3.36. The quantitative estimate of drug-likeness (QED) is 0.499. The molecule has 2 N–H and O–H groups in total. The molecule has 2 aromatic rings. The molecule has 0 atom stereocenters. The van der Waals surface area contributed by atoms with E-state index < -0.39 is 17.5 Å². The number of carbonyl (C=O) groups is 2. The summed E-state index contributed by atoms with van der Waals surface area (Å²) < 4.78 is 5.06. The lowest BCUT2D eigenvalue weighted by molar-refractivity contribution is -0.135. The summed E-state index contributed by atoms with van der Waals surface area (Å²) >= 11 is 1.31. The highest BCUT2D eigenvalue weighted by molar-refractivity contribution is 7.99. The summed E-state index contributed by atoms with van der Waals surface area (Å²) in [4.78, 5) is 23.8. The van der Waals surface area contributed by atoms with Crippen molar-refractivity contribution in [3.63, 3.8) is 0 Å². The molecule has 0 fully saturated rings. The van der Waals surface area contributed by atoms with Gasteiger partial charge in [-0.2, -0.15) is 0 Å². The molecule has 0 saturated heterocycles. The van der Waals surface area contributed by atoms with Gasteiger partial charge >= 0.3 is 5.97 Å². The first-order chi connectivity index (χ1) is 9.58. The second kappa shape index (κ2) is 6.12. The van der Waals surface area contributed by atoms with Crippen molar-refractivity contribution < 1.29 is 24.2 Å². The molecule has 0 unspecified atom stereocenters. The minimum absolute atomic E-state index is 0.00773. The average molecular weight is 290 g/mol. The van der Waals surface area contributed by atoms with Crippen molar-refractivity contribution in [1.29, 1.82) is 0 Å². The van der Waals surface area contributed by atoms with Crippen LogP contribution in [-0.2, 0) is 4.79 Å². The fourth-order valence-electron chi connectivity index (χ4n) is 1.42. The Labute approximate surface area is 118 Å². The Morgan fingerprint density at radius 1 is 1.10 bits per heavy atom. The maximum absolute atomic E-state index is 11.8. The number of aliphatic hydroxyl groups excluding tert-OH is 1. The molecule has 102 valence electrons. The summed E-state index contributed by atoms with van der Waals surface area (Å²) in [6.45, 7) is 0. The van der Waals surface area contributed by atoms with Crippen molar-refractivity contribution in [2.24, 2.45) is 0 Å². The van der Waals surface area contributed by atoms with Gasteiger partial charge in [0.2, 0.25) is 11.5 Å². The van der Waals surface area contributed by atoms with Crippen LogP contribution in [0.2, 0.25) is 0 Å². The Kier molecular flexibility index (Phi) is 4.27. The first-order valence-corrected chi connectivity index (χ1v) is 6.38. The van der Waals surface area contributed by atoms with Crippen molar-refractivity contribution in [1.82, 2.24) is 0 Å². The standard InChI is InChI=1S/C14H10O5S/c15-10(8-11(16)14(17)18)13-12(6-7-19-13)20-9-4-2-1-3-5-9/h1-8,16H,(H,17,18)/b11-8-. The van der Waals surface area contributed by atoms with Crippen LogP contribution in [0.3, 0.4) is 0 Å². The van der Waals surface area contributed by atoms with Gasteiger partial charge < -0.3 is 14.6 Å². The summed E-state index contributed by atoms with van der Waals surface area (Å²) in [7, 11) is 0. The molecule has 0 aliphatic heterocycles. The van der Waals surface area contributed by atoms with Gasteiger partial charge in [-0.15, -0.1) is 0 Å². The molecule has 1 heterocycles. The highest BCUT2D eigenvalue weighted by atomic mass is 32.2. The first kappa shape index (κ1) is 14.0. The van der Waals surface area contributed by atoms with Crippen LogP contribution in [-0.4, -0.2) is 22.0 Å². The van der Waals surface area contributed by atoms with E-state index in [0.29, 0.717) is 11.0 Å². The van der Waals surface area contributed by atoms with Gasteiger partial charge in [-0.25, -0.2) is 4.79 Å². The zero-order valence-electron chi connectivity index (χ0n) is 10.1. The van der Waals surface area contributed by atoms with Gasteiger partial charge in [0.05, 0.1) is 11.2 Å². The van der Waals surface area contributed by atoms with Crippen molar-refractivity contribution in [3.05, 3.63) is 60.3 Å². The van der Waals surface area contributed by atoms with Crippen molar-refractivity contribution in [2.45, 2.75) is 9.79 Å². The third kappa shape index (κ3) is 3.30. The van der Waals surface area contributed by atoms with E-state index in [9.17, 15) is 9.59 Å². The summed E-state index contributed by atoms with van der Waals surface area (Å²) in [6.07, 6.45) is 1.96. The molecule has 1 aromatic carbocycles. The lowest BCUT2D eigenvalue weighted by Gasteiger charge is -2.00. The number of carbonyl (C=O) groups excluding carboxylic acids is 1. The maximum atomic E-state index is 11.8. The number of benzene rings is 1. The number of allylic oxidation sites excluding steroid dienone is 1. The Balaban J connectivity index is 2.23. The van der Waals surface area contributed by atoms with Crippen LogP contribution < -0.4 is 0 Å². The highest BCUT2D eigenvalue weighted by Gasteiger charge is 2.17. The summed E-state index contributed by atoms with van der Waals surface area (Å²) in [5.41, 5.74) is 0. The number of hydrogen-bond donors (Lipinski definition) is 2. The largest absolute Gasteiger partial charge is 0.502 e. The number of hydrogen-bond acceptors (Lipinski definition) is 5. The molecule has 0 amide bonds. The van der Waals surface area contributed by atoms with Crippen LogP contribution in [0.4, 0.5) is 0 Å². The van der Waals surface area contributed by atoms with Crippen LogP contribution >= 0.6 is 11.8 Å². The lowest BCUT2D eigenvalue weighted by Crippen LogP contribution is -2.03. The normalized spacial score (nSPS) is 11.3. The second-order valence-electron chi connectivity index (χ2n) is 3.73. The number of furan rings is 1. The molecule has 6 heteroatoms. The van der Waals surface area contributed by atoms with E-state index in [0.717, 1.165) is 4.90 Å². The van der Waals surface area contributed by atoms with Gasteiger partial charge in [0.1, 0.15) is 0 Å². The number of aliphatic hydroxyl groups is 1. The van der Waals surface area contributed by atoms with E-state index in [4.69, 9.17) is 14.6 Å². The lowest BCUT2D eigenvalue weighted by atomic mass is 10.2. The molecule has 20 heavy (non-hydrogen) atoms. The topological polar surface area (TPSA) is 87.7 Å². The zero-order chi connectivity index (χ0) is 14.5. The molecule has 0 aliphatic rings. The Bertz CT molecular complexity index is 657. The molecule has 1 aromatic heterocycles. The smallest absolute Gasteiger partial charge is 0.371 e. The van der Waals surface area contributed by atoms with Crippen LogP contribution in [0.1, 0.15) is 10.6 Å². The van der Waals surface area contributed by atoms with Gasteiger partial charge in [0.25, 0.3) is 0 Å². The molecular weight excluding hydrogens is 280 g/mol. The van der Waals surface area contributed by atoms with Gasteiger partial charge in [0.15, 0.2) is 5.76 Å². The molecule has 5 nitrogen and oxygen atoms in total. The van der Waals surface area contributed by atoms with Crippen molar-refractivity contribution >= 4 is 23.5 Å². The van der Waals surface area contributed by atoms with E-state index >= 15 is 0 Å². The van der Waals surface area contributed by atoms with E-state index in [1.54, 1.807) is 6.07 Å². The fourth-order valence-corrected chi connectivity index (χ4v) is 2.34. The predicted molar refractivity (Wildman–Crippen MR) is 72.0 cm³/mol. The fraction of sp³-hybridized carbons (Fsp3) is 0. The third-order valence-electron chi connectivity index (χ3n) is 2.31. The zero-order valence-corrected chi connectivity index (χ0v) is 11.0. The minimum atomic E-state index is -1.57. The van der Waals surface area contributed by atoms with Crippen molar-refractivity contribution in [2.75, 3.05) is 0 Å².